The molecule has 0 saturated carbocycles. The molecule has 0 bridgehead atoms. The summed E-state index contributed by atoms with van der Waals surface area (Å²) in [7, 11) is 1.98. The Morgan fingerprint density at radius 3 is 2.20 bits per heavy atom. The first-order valence-corrected chi connectivity index (χ1v) is 10.5. The highest BCUT2D eigenvalue weighted by Crippen LogP contribution is 2.31. The van der Waals surface area contributed by atoms with E-state index in [0.29, 0.717) is 11.5 Å². The van der Waals surface area contributed by atoms with Crippen LogP contribution in [0, 0.1) is 10.8 Å². The van der Waals surface area contributed by atoms with Crippen molar-refractivity contribution >= 4 is 11.5 Å². The fourth-order valence-electron chi connectivity index (χ4n) is 4.45. The maximum atomic E-state index is 8.50. The van der Waals surface area contributed by atoms with Crippen molar-refractivity contribution in [2.24, 2.45) is 0 Å². The van der Waals surface area contributed by atoms with Crippen molar-refractivity contribution in [1.82, 2.24) is 15.2 Å². The molecule has 1 aliphatic heterocycles. The summed E-state index contributed by atoms with van der Waals surface area (Å²) < 4.78 is 0. The average Bonchev–Trinajstić information content (AvgIpc) is 2.69. The maximum absolute atomic E-state index is 8.50. The Bertz CT molecular complexity index is 910. The number of piperidine rings is 1. The third-order valence-electron chi connectivity index (χ3n) is 5.65. The van der Waals surface area contributed by atoms with E-state index in [0.717, 1.165) is 29.7 Å². The molecule has 5 nitrogen and oxygen atoms in total. The van der Waals surface area contributed by atoms with Crippen molar-refractivity contribution in [2.45, 2.75) is 57.7 Å². The highest BCUT2D eigenvalue weighted by atomic mass is 15.2. The Labute approximate surface area is 180 Å². The minimum absolute atomic E-state index is 0.0313. The molecule has 1 aliphatic rings. The van der Waals surface area contributed by atoms with E-state index >= 15 is 0 Å². The van der Waals surface area contributed by atoms with E-state index in [1.54, 1.807) is 18.3 Å². The summed E-state index contributed by atoms with van der Waals surface area (Å²) in [6, 6.07) is 14.1. The highest BCUT2D eigenvalue weighted by Gasteiger charge is 2.39. The second-order valence-electron chi connectivity index (χ2n) is 9.50. The molecular formula is C25H33N5. The Balaban J connectivity index is 1.65. The molecule has 1 aromatic heterocycles. The first kappa shape index (κ1) is 21.9. The predicted molar refractivity (Wildman–Crippen MR) is 125 cm³/mol. The molecule has 0 radical (unpaired) electrons. The quantitative estimate of drug-likeness (QED) is 0.491. The lowest BCUT2D eigenvalue weighted by molar-refractivity contribution is 0.114. The van der Waals surface area contributed by atoms with Gasteiger partial charge in [0.2, 0.25) is 0 Å². The summed E-state index contributed by atoms with van der Waals surface area (Å²) in [6.45, 7) is 8.87. The summed E-state index contributed by atoms with van der Waals surface area (Å²) in [4.78, 5) is 6.52. The van der Waals surface area contributed by atoms with Crippen LogP contribution in [-0.2, 0) is 0 Å². The van der Waals surface area contributed by atoms with E-state index in [-0.39, 0.29) is 17.1 Å². The van der Waals surface area contributed by atoms with Crippen LogP contribution in [0.3, 0.4) is 0 Å². The molecule has 0 amide bonds. The smallest absolute Gasteiger partial charge is 0.120 e. The number of amidine groups is 1. The largest absolute Gasteiger partial charge is 0.357 e. The summed E-state index contributed by atoms with van der Waals surface area (Å²) in [6.07, 6.45) is 7.09. The fourth-order valence-corrected chi connectivity index (χ4v) is 4.45. The van der Waals surface area contributed by atoms with Crippen LogP contribution in [0.5, 0.6) is 0 Å². The Kier molecular flexibility index (Phi) is 6.22. The van der Waals surface area contributed by atoms with Crippen molar-refractivity contribution in [1.29, 1.82) is 10.8 Å². The van der Waals surface area contributed by atoms with Gasteiger partial charge in [0.05, 0.1) is 11.4 Å². The zero-order valence-corrected chi connectivity index (χ0v) is 18.7. The number of benzene rings is 1. The van der Waals surface area contributed by atoms with Gasteiger partial charge in [0, 0.05) is 41.5 Å². The molecule has 3 rings (SSSR count). The normalized spacial score (nSPS) is 18.3. The summed E-state index contributed by atoms with van der Waals surface area (Å²) in [5.41, 5.74) is 3.10. The van der Waals surface area contributed by atoms with Crippen molar-refractivity contribution in [3.05, 3.63) is 66.4 Å². The van der Waals surface area contributed by atoms with Gasteiger partial charge in [-0.05, 0) is 64.8 Å². The molecule has 5 heteroatoms. The highest BCUT2D eigenvalue weighted by molar-refractivity contribution is 6.09. The zero-order chi connectivity index (χ0) is 21.9. The summed E-state index contributed by atoms with van der Waals surface area (Å²) in [5, 5.41) is 20.5. The van der Waals surface area contributed by atoms with Gasteiger partial charge in [-0.1, -0.05) is 30.3 Å². The van der Waals surface area contributed by atoms with Crippen LogP contribution in [0.4, 0.5) is 0 Å². The van der Waals surface area contributed by atoms with Crippen LogP contribution in [0.2, 0.25) is 0 Å². The van der Waals surface area contributed by atoms with Crippen LogP contribution >= 0.6 is 0 Å². The van der Waals surface area contributed by atoms with Gasteiger partial charge in [-0.15, -0.1) is 0 Å². The lowest BCUT2D eigenvalue weighted by atomic mass is 9.79. The van der Waals surface area contributed by atoms with Crippen molar-refractivity contribution in [3.8, 4) is 11.3 Å². The van der Waals surface area contributed by atoms with Crippen LogP contribution < -0.4 is 5.32 Å². The fraction of sp³-hybridized carbons (Fsp3) is 0.400. The molecule has 30 heavy (non-hydrogen) atoms. The summed E-state index contributed by atoms with van der Waals surface area (Å²) in [5.74, 6) is 0.423. The molecule has 2 heterocycles. The van der Waals surface area contributed by atoms with E-state index in [4.69, 9.17) is 10.8 Å². The lowest BCUT2D eigenvalue weighted by Crippen LogP contribution is -2.62. The minimum atomic E-state index is 0.0313. The van der Waals surface area contributed by atoms with E-state index in [9.17, 15) is 0 Å². The number of allylic oxidation sites excluding steroid dienone is 1. The van der Waals surface area contributed by atoms with Gasteiger partial charge in [0.15, 0.2) is 0 Å². The number of nitrogens with zero attached hydrogens (tertiary/aromatic N) is 2. The van der Waals surface area contributed by atoms with Crippen LogP contribution in [-0.4, -0.2) is 45.6 Å². The van der Waals surface area contributed by atoms with E-state index < -0.39 is 0 Å². The van der Waals surface area contributed by atoms with Crippen molar-refractivity contribution in [3.63, 3.8) is 0 Å². The molecule has 3 N–H and O–H groups in total. The Morgan fingerprint density at radius 1 is 1.00 bits per heavy atom. The van der Waals surface area contributed by atoms with Crippen LogP contribution in [0.15, 0.2) is 60.8 Å². The third-order valence-corrected chi connectivity index (χ3v) is 5.65. The monoisotopic (exact) mass is 403 g/mol. The van der Waals surface area contributed by atoms with Gasteiger partial charge in [-0.3, -0.25) is 10.4 Å². The number of aromatic nitrogens is 1. The first-order valence-electron chi connectivity index (χ1n) is 10.5. The lowest BCUT2D eigenvalue weighted by Gasteiger charge is -2.49. The van der Waals surface area contributed by atoms with Crippen molar-refractivity contribution in [2.75, 3.05) is 7.05 Å². The average molecular weight is 404 g/mol. The molecule has 158 valence electrons. The van der Waals surface area contributed by atoms with E-state index in [1.807, 2.05) is 54.4 Å². The predicted octanol–water partition coefficient (Wildman–Crippen LogP) is 4.89. The summed E-state index contributed by atoms with van der Waals surface area (Å²) >= 11 is 0. The zero-order valence-electron chi connectivity index (χ0n) is 18.7. The SMILES string of the molecule is CN(C(=N)/C=C\C(=N)c1ccc(-c2ccccc2)nc1)C1CC(C)(C)NC(C)(C)C1. The maximum Gasteiger partial charge on any atom is 0.120 e. The van der Waals surface area contributed by atoms with Crippen LogP contribution in [0.1, 0.15) is 46.1 Å². The molecular weight excluding hydrogens is 370 g/mol. The molecule has 0 unspecified atom stereocenters. The Morgan fingerprint density at radius 2 is 1.63 bits per heavy atom. The second-order valence-corrected chi connectivity index (χ2v) is 9.50. The van der Waals surface area contributed by atoms with Crippen molar-refractivity contribution < 1.29 is 0 Å². The van der Waals surface area contributed by atoms with Gasteiger partial charge in [0.1, 0.15) is 5.84 Å². The van der Waals surface area contributed by atoms with Gasteiger partial charge in [0.25, 0.3) is 0 Å². The molecule has 0 atom stereocenters. The molecule has 2 aromatic rings. The number of pyridine rings is 1. The van der Waals surface area contributed by atoms with E-state index in [1.165, 1.54) is 0 Å². The standard InChI is InChI=1S/C25H33N5/c1-24(2)15-20(16-25(3,4)29-24)30(5)23(27)14-12-21(26)19-11-13-22(28-17-19)18-9-7-6-8-10-18/h6-14,17,20,26-27,29H,15-16H2,1-5H3/b14-12-,26-21?,27-23?. The molecule has 0 aliphatic carbocycles. The topological polar surface area (TPSA) is 75.9 Å². The van der Waals surface area contributed by atoms with Gasteiger partial charge < -0.3 is 15.6 Å². The van der Waals surface area contributed by atoms with Gasteiger partial charge >= 0.3 is 0 Å². The van der Waals surface area contributed by atoms with Gasteiger partial charge in [-0.2, -0.15) is 0 Å². The molecule has 1 saturated heterocycles. The number of nitrogens with one attached hydrogen (secondary N) is 3. The first-order chi connectivity index (χ1) is 14.1. The molecule has 1 fully saturated rings. The minimum Gasteiger partial charge on any atom is -0.357 e. The van der Waals surface area contributed by atoms with Gasteiger partial charge in [-0.25, -0.2) is 0 Å². The number of rotatable bonds is 5. The third kappa shape index (κ3) is 5.42. The number of likely N-dealkylation sites (N-methyl/N-ethyl adjacent to an activating group) is 1. The van der Waals surface area contributed by atoms with E-state index in [2.05, 4.69) is 38.0 Å². The number of hydrogen-bond donors (Lipinski definition) is 3. The van der Waals surface area contributed by atoms with Crippen LogP contribution in [0.25, 0.3) is 11.3 Å². The molecule has 1 aromatic carbocycles. The molecule has 0 spiro atoms. The Hall–Kier alpha value is -2.79. The number of hydrogen-bond acceptors (Lipinski definition) is 4. The second kappa shape index (κ2) is 8.52.